The topological polar surface area (TPSA) is 106 Å². The fourth-order valence-corrected chi connectivity index (χ4v) is 4.25. The van der Waals surface area contributed by atoms with Crippen molar-refractivity contribution in [3.05, 3.63) is 42.9 Å². The molecule has 4 aromatic rings. The van der Waals surface area contributed by atoms with Gasteiger partial charge in [-0.1, -0.05) is 0 Å². The number of piperazine rings is 1. The number of hydrogen-bond donors (Lipinski definition) is 1. The van der Waals surface area contributed by atoms with E-state index in [4.69, 9.17) is 14.2 Å². The smallest absolute Gasteiger partial charge is 0.230 e. The minimum atomic E-state index is 0.146. The summed E-state index contributed by atoms with van der Waals surface area (Å²) in [5.41, 5.74) is 1.64. The SMILES string of the molecule is COc1cc2c(Oc3ccc4[nH]ncc4c3)ncnc2cc1OCCCN1CCN(C(C)=O)CC1. The Morgan fingerprint density at radius 1 is 1.09 bits per heavy atom. The van der Waals surface area contributed by atoms with Crippen molar-refractivity contribution >= 4 is 27.7 Å². The number of carbonyl (C=O) groups is 1. The second-order valence-electron chi connectivity index (χ2n) is 8.47. The number of amides is 1. The van der Waals surface area contributed by atoms with Gasteiger partial charge in [0.1, 0.15) is 12.1 Å². The Kier molecular flexibility index (Phi) is 6.62. The van der Waals surface area contributed by atoms with Gasteiger partial charge in [-0.05, 0) is 30.7 Å². The van der Waals surface area contributed by atoms with Crippen molar-refractivity contribution in [2.75, 3.05) is 46.4 Å². The average molecular weight is 477 g/mol. The normalized spacial score (nSPS) is 14.4. The molecule has 1 amide bonds. The molecule has 0 unspecified atom stereocenters. The Labute approximate surface area is 202 Å². The molecule has 0 bridgehead atoms. The molecule has 35 heavy (non-hydrogen) atoms. The fraction of sp³-hybridized carbons (Fsp3) is 0.360. The lowest BCUT2D eigenvalue weighted by molar-refractivity contribution is -0.130. The van der Waals surface area contributed by atoms with Gasteiger partial charge < -0.3 is 19.1 Å². The van der Waals surface area contributed by atoms with E-state index in [9.17, 15) is 4.79 Å². The predicted octanol–water partition coefficient (Wildman–Crippen LogP) is 3.24. The van der Waals surface area contributed by atoms with Gasteiger partial charge in [-0.2, -0.15) is 5.10 Å². The molecule has 2 aromatic carbocycles. The van der Waals surface area contributed by atoms with Crippen LogP contribution in [0.3, 0.4) is 0 Å². The van der Waals surface area contributed by atoms with Gasteiger partial charge in [0.2, 0.25) is 11.8 Å². The quantitative estimate of drug-likeness (QED) is 0.387. The van der Waals surface area contributed by atoms with E-state index in [1.54, 1.807) is 20.2 Å². The van der Waals surface area contributed by atoms with E-state index < -0.39 is 0 Å². The summed E-state index contributed by atoms with van der Waals surface area (Å²) in [4.78, 5) is 24.5. The highest BCUT2D eigenvalue weighted by atomic mass is 16.5. The molecule has 0 atom stereocenters. The van der Waals surface area contributed by atoms with Gasteiger partial charge >= 0.3 is 0 Å². The maximum atomic E-state index is 11.5. The highest BCUT2D eigenvalue weighted by Gasteiger charge is 2.18. The largest absolute Gasteiger partial charge is 0.493 e. The number of aromatic nitrogens is 4. The van der Waals surface area contributed by atoms with Gasteiger partial charge in [0.25, 0.3) is 0 Å². The Bertz CT molecular complexity index is 1330. The number of aromatic amines is 1. The Morgan fingerprint density at radius 3 is 2.74 bits per heavy atom. The van der Waals surface area contributed by atoms with Crippen LogP contribution in [0.4, 0.5) is 0 Å². The van der Waals surface area contributed by atoms with E-state index in [1.807, 2.05) is 35.2 Å². The minimum absolute atomic E-state index is 0.146. The zero-order valence-electron chi connectivity index (χ0n) is 19.9. The summed E-state index contributed by atoms with van der Waals surface area (Å²) in [6, 6.07) is 9.38. The van der Waals surface area contributed by atoms with Crippen LogP contribution in [-0.4, -0.2) is 82.3 Å². The van der Waals surface area contributed by atoms with E-state index in [0.29, 0.717) is 35.3 Å². The molecule has 1 fully saturated rings. The molecule has 5 rings (SSSR count). The number of carbonyl (C=O) groups excluding carboxylic acids is 1. The van der Waals surface area contributed by atoms with Crippen LogP contribution >= 0.6 is 0 Å². The minimum Gasteiger partial charge on any atom is -0.493 e. The fourth-order valence-electron chi connectivity index (χ4n) is 4.25. The van der Waals surface area contributed by atoms with Crippen LogP contribution in [0.2, 0.25) is 0 Å². The molecule has 10 nitrogen and oxygen atoms in total. The molecule has 10 heteroatoms. The number of H-pyrrole nitrogens is 1. The van der Waals surface area contributed by atoms with Crippen molar-refractivity contribution in [1.29, 1.82) is 0 Å². The lowest BCUT2D eigenvalue weighted by atomic mass is 10.2. The lowest BCUT2D eigenvalue weighted by Gasteiger charge is -2.34. The number of nitrogens with one attached hydrogen (secondary N) is 1. The second kappa shape index (κ2) is 10.1. The molecule has 1 saturated heterocycles. The van der Waals surface area contributed by atoms with Crippen molar-refractivity contribution in [2.45, 2.75) is 13.3 Å². The maximum absolute atomic E-state index is 11.5. The summed E-state index contributed by atoms with van der Waals surface area (Å²) in [6.07, 6.45) is 4.10. The number of benzene rings is 2. The Hall–Kier alpha value is -3.92. The number of fused-ring (bicyclic) bond motifs is 2. The number of ether oxygens (including phenoxy) is 3. The molecule has 1 N–H and O–H groups in total. The first kappa shape index (κ1) is 22.9. The first-order valence-corrected chi connectivity index (χ1v) is 11.6. The van der Waals surface area contributed by atoms with Gasteiger partial charge in [0.15, 0.2) is 11.5 Å². The van der Waals surface area contributed by atoms with Crippen molar-refractivity contribution in [3.8, 4) is 23.1 Å². The molecular formula is C25H28N6O4. The highest BCUT2D eigenvalue weighted by molar-refractivity contribution is 5.87. The van der Waals surface area contributed by atoms with Gasteiger partial charge in [-0.3, -0.25) is 14.8 Å². The van der Waals surface area contributed by atoms with Crippen LogP contribution in [0.15, 0.2) is 42.9 Å². The second-order valence-corrected chi connectivity index (χ2v) is 8.47. The molecule has 2 aromatic heterocycles. The monoisotopic (exact) mass is 476 g/mol. The Balaban J connectivity index is 1.24. The van der Waals surface area contributed by atoms with Crippen LogP contribution < -0.4 is 14.2 Å². The first-order chi connectivity index (χ1) is 17.1. The molecule has 182 valence electrons. The molecule has 0 radical (unpaired) electrons. The summed E-state index contributed by atoms with van der Waals surface area (Å²) >= 11 is 0. The highest BCUT2D eigenvalue weighted by Crippen LogP contribution is 2.36. The molecular weight excluding hydrogens is 448 g/mol. The van der Waals surface area contributed by atoms with Crippen LogP contribution in [0.5, 0.6) is 23.1 Å². The van der Waals surface area contributed by atoms with Gasteiger partial charge in [0.05, 0.1) is 36.3 Å². The standard InChI is InChI=1S/C25H28N6O4/c1-17(32)31-9-7-30(8-10-31)6-3-11-34-24-14-22-20(13-23(24)33-2)25(27-16-26-22)35-19-4-5-21-18(12-19)15-28-29-21/h4-5,12-16H,3,6-11H2,1-2H3,(H,28,29). The van der Waals surface area contributed by atoms with Crippen molar-refractivity contribution in [3.63, 3.8) is 0 Å². The predicted molar refractivity (Wildman–Crippen MR) is 131 cm³/mol. The number of methoxy groups -OCH3 is 1. The summed E-state index contributed by atoms with van der Waals surface area (Å²) < 4.78 is 17.7. The number of nitrogens with zero attached hydrogens (tertiary/aromatic N) is 5. The van der Waals surface area contributed by atoms with Crippen molar-refractivity contribution in [1.82, 2.24) is 30.0 Å². The van der Waals surface area contributed by atoms with Crippen molar-refractivity contribution in [2.24, 2.45) is 0 Å². The first-order valence-electron chi connectivity index (χ1n) is 11.6. The van der Waals surface area contributed by atoms with Crippen LogP contribution in [-0.2, 0) is 4.79 Å². The van der Waals surface area contributed by atoms with E-state index >= 15 is 0 Å². The van der Waals surface area contributed by atoms with Crippen molar-refractivity contribution < 1.29 is 19.0 Å². The molecule has 0 spiro atoms. The summed E-state index contributed by atoms with van der Waals surface area (Å²) in [5, 5.41) is 8.66. The van der Waals surface area contributed by atoms with Gasteiger partial charge in [-0.25, -0.2) is 9.97 Å². The number of hydrogen-bond acceptors (Lipinski definition) is 8. The third-order valence-electron chi connectivity index (χ3n) is 6.20. The molecule has 0 aliphatic carbocycles. The molecule has 3 heterocycles. The van der Waals surface area contributed by atoms with Gasteiger partial charge in [-0.15, -0.1) is 0 Å². The van der Waals surface area contributed by atoms with Crippen LogP contribution in [0.25, 0.3) is 21.8 Å². The zero-order chi connectivity index (χ0) is 24.2. The maximum Gasteiger partial charge on any atom is 0.230 e. The third kappa shape index (κ3) is 5.12. The Morgan fingerprint density at radius 2 is 1.94 bits per heavy atom. The van der Waals surface area contributed by atoms with Gasteiger partial charge in [0, 0.05) is 51.1 Å². The molecule has 1 aliphatic rings. The number of rotatable bonds is 8. The summed E-state index contributed by atoms with van der Waals surface area (Å²) in [6.45, 7) is 6.46. The molecule has 1 aliphatic heterocycles. The third-order valence-corrected chi connectivity index (χ3v) is 6.20. The van der Waals surface area contributed by atoms with Crippen LogP contribution in [0.1, 0.15) is 13.3 Å². The summed E-state index contributed by atoms with van der Waals surface area (Å²) in [7, 11) is 1.61. The zero-order valence-corrected chi connectivity index (χ0v) is 19.9. The van der Waals surface area contributed by atoms with E-state index in [-0.39, 0.29) is 5.91 Å². The summed E-state index contributed by atoms with van der Waals surface area (Å²) in [5.74, 6) is 2.46. The molecule has 0 saturated carbocycles. The van der Waals surface area contributed by atoms with E-state index in [0.717, 1.165) is 55.4 Å². The van der Waals surface area contributed by atoms with E-state index in [1.165, 1.54) is 6.33 Å². The lowest BCUT2D eigenvalue weighted by Crippen LogP contribution is -2.48. The van der Waals surface area contributed by atoms with Crippen LogP contribution in [0, 0.1) is 0 Å². The van der Waals surface area contributed by atoms with E-state index in [2.05, 4.69) is 25.1 Å². The average Bonchev–Trinajstić information content (AvgIpc) is 3.34.